The highest BCUT2D eigenvalue weighted by Gasteiger charge is 2.14. The molecule has 202 valence electrons. The SMILES string of the molecule is CCCCC(=O)Nc1cc2c(Oc3ccc(NC(=O)NCCc4ccc(F)cc4)cc3)ncnc2cc1OC. The zero-order valence-electron chi connectivity index (χ0n) is 21.8. The molecular formula is C29H30FN5O4. The van der Waals surface area contributed by atoms with E-state index in [1.54, 1.807) is 48.5 Å². The molecule has 0 unspecified atom stereocenters. The summed E-state index contributed by atoms with van der Waals surface area (Å²) < 4.78 is 24.5. The summed E-state index contributed by atoms with van der Waals surface area (Å²) in [5.74, 6) is 0.911. The number of benzene rings is 3. The van der Waals surface area contributed by atoms with Crippen LogP contribution < -0.4 is 25.4 Å². The lowest BCUT2D eigenvalue weighted by atomic mass is 10.1. The lowest BCUT2D eigenvalue weighted by molar-refractivity contribution is -0.116. The molecule has 0 atom stereocenters. The minimum absolute atomic E-state index is 0.101. The third-order valence-electron chi connectivity index (χ3n) is 5.89. The van der Waals surface area contributed by atoms with E-state index < -0.39 is 0 Å². The summed E-state index contributed by atoms with van der Waals surface area (Å²) in [6, 6.07) is 16.1. The van der Waals surface area contributed by atoms with Gasteiger partial charge in [-0.15, -0.1) is 0 Å². The summed E-state index contributed by atoms with van der Waals surface area (Å²) in [7, 11) is 1.53. The van der Waals surface area contributed by atoms with Crippen LogP contribution in [-0.4, -0.2) is 35.6 Å². The number of urea groups is 1. The molecule has 0 aliphatic heterocycles. The summed E-state index contributed by atoms with van der Waals surface area (Å²) in [4.78, 5) is 33.1. The predicted molar refractivity (Wildman–Crippen MR) is 148 cm³/mol. The van der Waals surface area contributed by atoms with E-state index in [1.165, 1.54) is 25.6 Å². The molecule has 1 heterocycles. The van der Waals surface area contributed by atoms with E-state index in [9.17, 15) is 14.0 Å². The van der Waals surface area contributed by atoms with Crippen LogP contribution in [0.5, 0.6) is 17.4 Å². The number of carbonyl (C=O) groups is 2. The van der Waals surface area contributed by atoms with Crippen LogP contribution in [0.4, 0.5) is 20.6 Å². The molecule has 4 aromatic rings. The first-order valence-corrected chi connectivity index (χ1v) is 12.6. The van der Waals surface area contributed by atoms with Crippen LogP contribution in [0.3, 0.4) is 0 Å². The Balaban J connectivity index is 1.39. The Morgan fingerprint density at radius 2 is 1.74 bits per heavy atom. The van der Waals surface area contributed by atoms with Gasteiger partial charge in [-0.3, -0.25) is 4.79 Å². The summed E-state index contributed by atoms with van der Waals surface area (Å²) in [5.41, 5.74) is 2.62. The summed E-state index contributed by atoms with van der Waals surface area (Å²) in [6.45, 7) is 2.44. The molecule has 39 heavy (non-hydrogen) atoms. The highest BCUT2D eigenvalue weighted by atomic mass is 19.1. The van der Waals surface area contributed by atoms with Gasteiger partial charge >= 0.3 is 6.03 Å². The number of methoxy groups -OCH3 is 1. The van der Waals surface area contributed by atoms with Crippen LogP contribution in [0.15, 0.2) is 67.0 Å². The van der Waals surface area contributed by atoms with E-state index in [2.05, 4.69) is 25.9 Å². The van der Waals surface area contributed by atoms with Crippen molar-refractivity contribution in [1.82, 2.24) is 15.3 Å². The van der Waals surface area contributed by atoms with Crippen molar-refractivity contribution in [3.8, 4) is 17.4 Å². The number of hydrogen-bond acceptors (Lipinski definition) is 6. The molecule has 0 aliphatic rings. The maximum absolute atomic E-state index is 13.0. The van der Waals surface area contributed by atoms with Crippen LogP contribution in [0.1, 0.15) is 31.7 Å². The van der Waals surface area contributed by atoms with Crippen LogP contribution in [0.25, 0.3) is 10.9 Å². The van der Waals surface area contributed by atoms with Gasteiger partial charge in [-0.05, 0) is 60.9 Å². The second-order valence-electron chi connectivity index (χ2n) is 8.78. The van der Waals surface area contributed by atoms with Crippen molar-refractivity contribution in [1.29, 1.82) is 0 Å². The standard InChI is InChI=1S/C29H30FN5O4/c1-3-4-5-27(36)35-25-16-23-24(17-26(25)38-2)32-18-33-28(23)39-22-12-10-21(11-13-22)34-29(37)31-15-14-19-6-8-20(30)9-7-19/h6-13,16-18H,3-5,14-15H2,1-2H3,(H,35,36)(H2,31,34,37). The van der Waals surface area contributed by atoms with E-state index >= 15 is 0 Å². The fourth-order valence-electron chi connectivity index (χ4n) is 3.82. The maximum Gasteiger partial charge on any atom is 0.319 e. The topological polar surface area (TPSA) is 114 Å². The lowest BCUT2D eigenvalue weighted by Gasteiger charge is -2.13. The second kappa shape index (κ2) is 13.2. The van der Waals surface area contributed by atoms with Crippen LogP contribution >= 0.6 is 0 Å². The highest BCUT2D eigenvalue weighted by Crippen LogP contribution is 2.35. The third kappa shape index (κ3) is 7.64. The Labute approximate surface area is 225 Å². The number of rotatable bonds is 11. The van der Waals surface area contributed by atoms with Gasteiger partial charge in [0.2, 0.25) is 11.8 Å². The number of amides is 3. The van der Waals surface area contributed by atoms with Gasteiger partial charge in [-0.1, -0.05) is 25.5 Å². The molecule has 3 aromatic carbocycles. The average Bonchev–Trinajstić information content (AvgIpc) is 2.94. The van der Waals surface area contributed by atoms with Gasteiger partial charge in [-0.25, -0.2) is 19.2 Å². The molecule has 3 N–H and O–H groups in total. The number of anilines is 2. The Morgan fingerprint density at radius 1 is 0.974 bits per heavy atom. The highest BCUT2D eigenvalue weighted by molar-refractivity contribution is 5.97. The van der Waals surface area contributed by atoms with E-state index in [1.807, 2.05) is 6.92 Å². The number of carbonyl (C=O) groups excluding carboxylic acids is 2. The maximum atomic E-state index is 13.0. The van der Waals surface area contributed by atoms with Gasteiger partial charge in [0.1, 0.15) is 23.6 Å². The van der Waals surface area contributed by atoms with Crippen molar-refractivity contribution in [3.63, 3.8) is 0 Å². The van der Waals surface area contributed by atoms with Gasteiger partial charge in [-0.2, -0.15) is 0 Å². The van der Waals surface area contributed by atoms with E-state index in [4.69, 9.17) is 9.47 Å². The quantitative estimate of drug-likeness (QED) is 0.217. The fraction of sp³-hybridized carbons (Fsp3) is 0.241. The molecule has 9 nitrogen and oxygen atoms in total. The van der Waals surface area contributed by atoms with Crippen molar-refractivity contribution in [2.75, 3.05) is 24.3 Å². The second-order valence-corrected chi connectivity index (χ2v) is 8.78. The van der Waals surface area contributed by atoms with Crippen molar-refractivity contribution in [2.45, 2.75) is 32.6 Å². The normalized spacial score (nSPS) is 10.6. The van der Waals surface area contributed by atoms with Gasteiger partial charge < -0.3 is 25.4 Å². The van der Waals surface area contributed by atoms with E-state index in [0.29, 0.717) is 59.0 Å². The Morgan fingerprint density at radius 3 is 2.46 bits per heavy atom. The van der Waals surface area contributed by atoms with Crippen LogP contribution in [0.2, 0.25) is 0 Å². The first-order valence-electron chi connectivity index (χ1n) is 12.6. The van der Waals surface area contributed by atoms with Crippen molar-refractivity contribution < 1.29 is 23.5 Å². The first kappa shape index (κ1) is 27.3. The van der Waals surface area contributed by atoms with E-state index in [0.717, 1.165) is 18.4 Å². The summed E-state index contributed by atoms with van der Waals surface area (Å²) >= 11 is 0. The number of aromatic nitrogens is 2. The molecule has 3 amide bonds. The Bertz CT molecular complexity index is 1430. The molecule has 0 fully saturated rings. The summed E-state index contributed by atoms with van der Waals surface area (Å²) in [6.07, 6.45) is 4.11. The van der Waals surface area contributed by atoms with Gasteiger partial charge in [0, 0.05) is 24.7 Å². The monoisotopic (exact) mass is 531 g/mol. The number of hydrogen-bond donors (Lipinski definition) is 3. The number of ether oxygens (including phenoxy) is 2. The smallest absolute Gasteiger partial charge is 0.319 e. The van der Waals surface area contributed by atoms with Gasteiger partial charge in [0.05, 0.1) is 23.7 Å². The molecule has 4 rings (SSSR count). The molecule has 0 spiro atoms. The Hall–Kier alpha value is -4.73. The molecular weight excluding hydrogens is 501 g/mol. The third-order valence-corrected chi connectivity index (χ3v) is 5.89. The molecule has 10 heteroatoms. The van der Waals surface area contributed by atoms with Crippen LogP contribution in [-0.2, 0) is 11.2 Å². The lowest BCUT2D eigenvalue weighted by Crippen LogP contribution is -2.30. The number of nitrogens with one attached hydrogen (secondary N) is 3. The van der Waals surface area contributed by atoms with Gasteiger partial charge in [0.15, 0.2) is 0 Å². The first-order chi connectivity index (χ1) is 18.9. The largest absolute Gasteiger partial charge is 0.494 e. The van der Waals surface area contributed by atoms with E-state index in [-0.39, 0.29) is 17.8 Å². The fourth-order valence-corrected chi connectivity index (χ4v) is 3.82. The van der Waals surface area contributed by atoms with Crippen LogP contribution in [0, 0.1) is 5.82 Å². The molecule has 0 radical (unpaired) electrons. The van der Waals surface area contributed by atoms with Gasteiger partial charge in [0.25, 0.3) is 0 Å². The molecule has 1 aromatic heterocycles. The average molecular weight is 532 g/mol. The molecule has 0 saturated carbocycles. The minimum Gasteiger partial charge on any atom is -0.494 e. The van der Waals surface area contributed by atoms with Crippen molar-refractivity contribution >= 4 is 34.2 Å². The molecule has 0 aliphatic carbocycles. The van der Waals surface area contributed by atoms with Crippen molar-refractivity contribution in [2.24, 2.45) is 0 Å². The zero-order chi connectivity index (χ0) is 27.6. The number of unbranched alkanes of at least 4 members (excludes halogenated alkanes) is 1. The minimum atomic E-state index is -0.352. The number of halogens is 1. The predicted octanol–water partition coefficient (Wildman–Crippen LogP) is 6.06. The number of fused-ring (bicyclic) bond motifs is 1. The molecule has 0 saturated heterocycles. The summed E-state index contributed by atoms with van der Waals surface area (Å²) in [5, 5.41) is 9.04. The molecule has 0 bridgehead atoms. The van der Waals surface area contributed by atoms with Crippen molar-refractivity contribution in [3.05, 3.63) is 78.4 Å². The zero-order valence-corrected chi connectivity index (χ0v) is 21.8. The number of nitrogens with zero attached hydrogens (tertiary/aromatic N) is 2. The Kier molecular flexibility index (Phi) is 9.23.